The van der Waals surface area contributed by atoms with E-state index in [9.17, 15) is 14.7 Å². The third-order valence-electron chi connectivity index (χ3n) is 2.77. The van der Waals surface area contributed by atoms with Gasteiger partial charge < -0.3 is 10.4 Å². The molecule has 5 nitrogen and oxygen atoms in total. The zero-order valence-electron chi connectivity index (χ0n) is 9.35. The number of aromatic nitrogens is 1. The number of hydrogen-bond donors (Lipinski definition) is 2. The molecule has 96 valence electrons. The summed E-state index contributed by atoms with van der Waals surface area (Å²) in [6.45, 7) is 0. The van der Waals surface area contributed by atoms with Gasteiger partial charge >= 0.3 is 5.97 Å². The minimum Gasteiger partial charge on any atom is -0.479 e. The van der Waals surface area contributed by atoms with E-state index in [1.165, 1.54) is 18.0 Å². The lowest BCUT2D eigenvalue weighted by atomic mass is 9.98. The fourth-order valence-electron chi connectivity index (χ4n) is 1.72. The predicted molar refractivity (Wildman–Crippen MR) is 71.7 cm³/mol. The molecule has 1 unspecified atom stereocenters. The van der Waals surface area contributed by atoms with Gasteiger partial charge in [-0.25, -0.2) is 9.78 Å². The molecule has 1 aromatic rings. The minimum atomic E-state index is -1.14. The minimum absolute atomic E-state index is 0.386. The van der Waals surface area contributed by atoms with Crippen molar-refractivity contribution in [3.8, 4) is 0 Å². The number of halogens is 1. The number of nitrogens with zero attached hydrogens (tertiary/aromatic N) is 1. The number of aliphatic carboxylic acids is 1. The summed E-state index contributed by atoms with van der Waals surface area (Å²) in [4.78, 5) is 27.3. The van der Waals surface area contributed by atoms with Gasteiger partial charge in [0.05, 0.1) is 0 Å². The number of pyridine rings is 1. The van der Waals surface area contributed by atoms with E-state index in [-0.39, 0.29) is 5.91 Å². The van der Waals surface area contributed by atoms with Crippen LogP contribution in [0.3, 0.4) is 0 Å². The van der Waals surface area contributed by atoms with Crippen molar-refractivity contribution < 1.29 is 14.7 Å². The first-order chi connectivity index (χ1) is 8.53. The van der Waals surface area contributed by atoms with E-state index in [4.69, 9.17) is 0 Å². The number of thioether (sulfide) groups is 1. The molecule has 1 amide bonds. The highest BCUT2D eigenvalue weighted by Crippen LogP contribution is 2.28. The van der Waals surface area contributed by atoms with Gasteiger partial charge in [0.2, 0.25) is 0 Å². The van der Waals surface area contributed by atoms with Crippen LogP contribution in [-0.4, -0.2) is 39.0 Å². The number of carboxylic acid groups (broad SMARTS) is 1. The Morgan fingerprint density at radius 1 is 1.56 bits per heavy atom. The van der Waals surface area contributed by atoms with Gasteiger partial charge in [-0.1, -0.05) is 0 Å². The second-order valence-corrected chi connectivity index (χ2v) is 5.93. The Balaban J connectivity index is 2.18. The Hall–Kier alpha value is -1.08. The van der Waals surface area contributed by atoms with Gasteiger partial charge in [0.1, 0.15) is 10.1 Å². The van der Waals surface area contributed by atoms with Gasteiger partial charge in [0, 0.05) is 17.5 Å². The van der Waals surface area contributed by atoms with E-state index in [0.29, 0.717) is 22.3 Å². The molecule has 0 saturated carbocycles. The molecule has 1 atom stereocenters. The van der Waals surface area contributed by atoms with Crippen LogP contribution in [0.2, 0.25) is 0 Å². The first kappa shape index (κ1) is 13.4. The van der Waals surface area contributed by atoms with Crippen molar-refractivity contribution in [2.75, 3.05) is 11.5 Å². The van der Waals surface area contributed by atoms with E-state index < -0.39 is 11.5 Å². The smallest absolute Gasteiger partial charge is 0.330 e. The number of rotatable bonds is 3. The van der Waals surface area contributed by atoms with E-state index in [0.717, 1.165) is 5.75 Å². The van der Waals surface area contributed by atoms with Crippen molar-refractivity contribution in [1.29, 1.82) is 0 Å². The zero-order chi connectivity index (χ0) is 13.2. The fourth-order valence-corrected chi connectivity index (χ4v) is 3.41. The number of carbonyl (C=O) groups excluding carboxylic acids is 1. The highest BCUT2D eigenvalue weighted by molar-refractivity contribution is 9.10. The molecule has 0 bridgehead atoms. The van der Waals surface area contributed by atoms with Crippen LogP contribution in [0.25, 0.3) is 0 Å². The topological polar surface area (TPSA) is 79.3 Å². The third kappa shape index (κ3) is 2.67. The number of carboxylic acids is 1. The van der Waals surface area contributed by atoms with Gasteiger partial charge in [-0.2, -0.15) is 11.8 Å². The summed E-state index contributed by atoms with van der Waals surface area (Å²) in [5, 5.41) is 11.9. The number of nitrogens with one attached hydrogen (secondary N) is 1. The Bertz CT molecular complexity index is 489. The SMILES string of the molecule is O=C(NC1(C(=O)O)CCSC1)c1ccnc(Br)c1. The molecule has 0 radical (unpaired) electrons. The van der Waals surface area contributed by atoms with Crippen molar-refractivity contribution in [3.05, 3.63) is 28.5 Å². The summed E-state index contributed by atoms with van der Waals surface area (Å²) in [6, 6.07) is 3.12. The van der Waals surface area contributed by atoms with E-state index in [1.807, 2.05) is 0 Å². The Kier molecular flexibility index (Phi) is 3.91. The highest BCUT2D eigenvalue weighted by Gasteiger charge is 2.43. The van der Waals surface area contributed by atoms with Crippen molar-refractivity contribution in [1.82, 2.24) is 10.3 Å². The highest BCUT2D eigenvalue weighted by atomic mass is 79.9. The molecule has 2 rings (SSSR count). The normalized spacial score (nSPS) is 22.7. The maximum atomic E-state index is 12.0. The molecule has 2 N–H and O–H groups in total. The van der Waals surface area contributed by atoms with Crippen LogP contribution in [0.5, 0.6) is 0 Å². The number of carbonyl (C=O) groups is 2. The van der Waals surface area contributed by atoms with Crippen molar-refractivity contribution in [2.45, 2.75) is 12.0 Å². The van der Waals surface area contributed by atoms with Crippen molar-refractivity contribution >= 4 is 39.6 Å². The predicted octanol–water partition coefficient (Wildman–Crippen LogP) is 1.53. The molecule has 1 aliphatic heterocycles. The van der Waals surface area contributed by atoms with Gasteiger partial charge in [-0.15, -0.1) is 0 Å². The van der Waals surface area contributed by atoms with E-state index >= 15 is 0 Å². The fraction of sp³-hybridized carbons (Fsp3) is 0.364. The maximum Gasteiger partial charge on any atom is 0.330 e. The third-order valence-corrected chi connectivity index (χ3v) is 4.40. The van der Waals surface area contributed by atoms with Crippen LogP contribution in [0.1, 0.15) is 16.8 Å². The summed E-state index contributed by atoms with van der Waals surface area (Å²) in [5.41, 5.74) is -0.744. The standard InChI is InChI=1S/C11H11BrN2O3S/c12-8-5-7(1-3-13-8)9(15)14-11(10(16)17)2-4-18-6-11/h1,3,5H,2,4,6H2,(H,14,15)(H,16,17). The molecule has 2 heterocycles. The molecular formula is C11H11BrN2O3S. The van der Waals surface area contributed by atoms with Crippen LogP contribution in [-0.2, 0) is 4.79 Å². The van der Waals surface area contributed by atoms with E-state index in [1.54, 1.807) is 12.1 Å². The molecule has 1 aliphatic rings. The average Bonchev–Trinajstić information content (AvgIpc) is 2.79. The molecule has 1 fully saturated rings. The first-order valence-electron chi connectivity index (χ1n) is 5.29. The Morgan fingerprint density at radius 3 is 2.89 bits per heavy atom. The largest absolute Gasteiger partial charge is 0.479 e. The molecule has 0 aliphatic carbocycles. The average molecular weight is 331 g/mol. The monoisotopic (exact) mass is 330 g/mol. The second-order valence-electron chi connectivity index (χ2n) is 4.01. The zero-order valence-corrected chi connectivity index (χ0v) is 11.8. The van der Waals surface area contributed by atoms with Crippen LogP contribution in [0, 0.1) is 0 Å². The lowest BCUT2D eigenvalue weighted by Crippen LogP contribution is -2.54. The summed E-state index contributed by atoms with van der Waals surface area (Å²) in [7, 11) is 0. The molecule has 0 spiro atoms. The molecule has 1 aromatic heterocycles. The van der Waals surface area contributed by atoms with Crippen molar-refractivity contribution in [3.63, 3.8) is 0 Å². The van der Waals surface area contributed by atoms with Gasteiger partial charge in [0.15, 0.2) is 0 Å². The Morgan fingerprint density at radius 2 is 2.33 bits per heavy atom. The molecule has 18 heavy (non-hydrogen) atoms. The molecule has 0 aromatic carbocycles. The van der Waals surface area contributed by atoms with Crippen LogP contribution in [0.15, 0.2) is 22.9 Å². The number of amides is 1. The van der Waals surface area contributed by atoms with Crippen LogP contribution >= 0.6 is 27.7 Å². The molecular weight excluding hydrogens is 320 g/mol. The number of hydrogen-bond acceptors (Lipinski definition) is 4. The maximum absolute atomic E-state index is 12.0. The molecule has 1 saturated heterocycles. The van der Waals surface area contributed by atoms with Gasteiger partial charge in [0.25, 0.3) is 5.91 Å². The van der Waals surface area contributed by atoms with E-state index in [2.05, 4.69) is 26.2 Å². The Labute approximate surface area is 116 Å². The first-order valence-corrected chi connectivity index (χ1v) is 7.23. The summed E-state index contributed by atoms with van der Waals surface area (Å²) in [6.07, 6.45) is 1.95. The second kappa shape index (κ2) is 5.27. The summed E-state index contributed by atoms with van der Waals surface area (Å²) < 4.78 is 0.542. The summed E-state index contributed by atoms with van der Waals surface area (Å²) in [5.74, 6) is -0.218. The van der Waals surface area contributed by atoms with Gasteiger partial charge in [-0.05, 0) is 40.2 Å². The van der Waals surface area contributed by atoms with Crippen LogP contribution < -0.4 is 5.32 Å². The van der Waals surface area contributed by atoms with Crippen molar-refractivity contribution in [2.24, 2.45) is 0 Å². The lowest BCUT2D eigenvalue weighted by Gasteiger charge is -2.24. The quantitative estimate of drug-likeness (QED) is 0.822. The van der Waals surface area contributed by atoms with Crippen LogP contribution in [0.4, 0.5) is 0 Å². The lowest BCUT2D eigenvalue weighted by molar-refractivity contribution is -0.143. The van der Waals surface area contributed by atoms with Gasteiger partial charge in [-0.3, -0.25) is 4.79 Å². The molecule has 7 heteroatoms. The summed E-state index contributed by atoms with van der Waals surface area (Å²) >= 11 is 4.71.